The minimum Gasteiger partial charge on any atom is -0.354 e. The maximum atomic E-state index is 4.22. The molecule has 0 aromatic carbocycles. The molecule has 2 rings (SSSR count). The first-order valence-corrected chi connectivity index (χ1v) is 5.52. The van der Waals surface area contributed by atoms with E-state index >= 15 is 0 Å². The van der Waals surface area contributed by atoms with Gasteiger partial charge in [0.25, 0.3) is 0 Å². The Bertz CT molecular complexity index is 309. The van der Waals surface area contributed by atoms with Gasteiger partial charge in [-0.25, -0.2) is 0 Å². The van der Waals surface area contributed by atoms with Crippen LogP contribution >= 0.6 is 0 Å². The summed E-state index contributed by atoms with van der Waals surface area (Å²) in [5.74, 6) is 1.00. The minimum absolute atomic E-state index is 0.585. The van der Waals surface area contributed by atoms with Crippen LogP contribution in [0.2, 0.25) is 0 Å². The van der Waals surface area contributed by atoms with Gasteiger partial charge in [0.1, 0.15) is 0 Å². The van der Waals surface area contributed by atoms with Crippen LogP contribution in [0.4, 0.5) is 5.82 Å². The number of anilines is 1. The lowest BCUT2D eigenvalue weighted by molar-refractivity contribution is 0.447. The highest BCUT2D eigenvalue weighted by molar-refractivity contribution is 5.38. The molecule has 0 spiro atoms. The van der Waals surface area contributed by atoms with Crippen molar-refractivity contribution < 1.29 is 0 Å². The Morgan fingerprint density at radius 3 is 2.93 bits per heavy atom. The molecule has 1 aliphatic rings. The molecule has 1 atom stereocenters. The molecular weight excluding hydrogens is 188 g/mol. The van der Waals surface area contributed by atoms with E-state index in [4.69, 9.17) is 0 Å². The average molecular weight is 206 g/mol. The van der Waals surface area contributed by atoms with Crippen molar-refractivity contribution in [2.45, 2.75) is 25.8 Å². The summed E-state index contributed by atoms with van der Waals surface area (Å²) in [6.45, 7) is 4.09. The Morgan fingerprint density at radius 2 is 2.27 bits per heavy atom. The van der Waals surface area contributed by atoms with Gasteiger partial charge in [-0.2, -0.15) is 5.10 Å². The third kappa shape index (κ3) is 2.45. The van der Waals surface area contributed by atoms with Crippen LogP contribution in [-0.4, -0.2) is 36.4 Å². The number of nitrogens with zero attached hydrogens (tertiary/aromatic N) is 3. The maximum Gasteiger partial charge on any atom is 0.151 e. The first-order chi connectivity index (χ1) is 7.29. The molecule has 1 aromatic heterocycles. The first-order valence-electron chi connectivity index (χ1n) is 5.52. The van der Waals surface area contributed by atoms with E-state index in [1.54, 1.807) is 0 Å². The predicted molar refractivity (Wildman–Crippen MR) is 61.1 cm³/mol. The maximum absolute atomic E-state index is 4.22. The summed E-state index contributed by atoms with van der Waals surface area (Å²) in [5.41, 5.74) is 0.973. The molecule has 4 nitrogen and oxygen atoms in total. The number of nitrogens with one attached hydrogen (secondary N) is 1. The van der Waals surface area contributed by atoms with Crippen molar-refractivity contribution in [3.63, 3.8) is 0 Å². The quantitative estimate of drug-likeness (QED) is 0.783. The predicted octanol–water partition coefficient (Wildman–Crippen LogP) is 0.973. The second-order valence-corrected chi connectivity index (χ2v) is 4.11. The zero-order valence-corrected chi connectivity index (χ0v) is 9.40. The van der Waals surface area contributed by atoms with Gasteiger partial charge in [0, 0.05) is 19.1 Å². The molecule has 1 N–H and O–H groups in total. The van der Waals surface area contributed by atoms with Gasteiger partial charge in [0.05, 0.1) is 5.69 Å². The van der Waals surface area contributed by atoms with E-state index in [9.17, 15) is 0 Å². The summed E-state index contributed by atoms with van der Waals surface area (Å²) in [7, 11) is 2.02. The highest BCUT2D eigenvalue weighted by atomic mass is 15.3. The molecule has 0 saturated carbocycles. The summed E-state index contributed by atoms with van der Waals surface area (Å²) in [5, 5.41) is 11.6. The van der Waals surface area contributed by atoms with Crippen molar-refractivity contribution in [1.29, 1.82) is 0 Å². The Morgan fingerprint density at radius 1 is 1.40 bits per heavy atom. The van der Waals surface area contributed by atoms with Crippen LogP contribution in [0.3, 0.4) is 0 Å². The Balaban J connectivity index is 2.06. The summed E-state index contributed by atoms with van der Waals surface area (Å²) in [6.07, 6.45) is 2.48. The van der Waals surface area contributed by atoms with Gasteiger partial charge in [0.15, 0.2) is 5.82 Å². The van der Waals surface area contributed by atoms with Crippen molar-refractivity contribution in [3.8, 4) is 0 Å². The van der Waals surface area contributed by atoms with Crippen LogP contribution in [0.25, 0.3) is 0 Å². The van der Waals surface area contributed by atoms with Crippen LogP contribution in [0.1, 0.15) is 18.5 Å². The normalized spacial score (nSPS) is 21.7. The molecule has 15 heavy (non-hydrogen) atoms. The molecular formula is C11H18N4. The van der Waals surface area contributed by atoms with E-state index in [0.717, 1.165) is 24.6 Å². The molecule has 82 valence electrons. The number of hydrogen-bond donors (Lipinski definition) is 1. The highest BCUT2D eigenvalue weighted by Crippen LogP contribution is 2.16. The van der Waals surface area contributed by atoms with Crippen LogP contribution in [0.5, 0.6) is 0 Å². The molecule has 2 heterocycles. The van der Waals surface area contributed by atoms with Crippen molar-refractivity contribution in [2.24, 2.45) is 0 Å². The fraction of sp³-hybridized carbons (Fsp3) is 0.636. The molecule has 0 amide bonds. The van der Waals surface area contributed by atoms with Crippen molar-refractivity contribution in [2.75, 3.05) is 25.0 Å². The number of likely N-dealkylation sites (N-methyl/N-ethyl adjacent to an activating group) is 1. The van der Waals surface area contributed by atoms with E-state index in [-0.39, 0.29) is 0 Å². The molecule has 0 aliphatic carbocycles. The fourth-order valence-electron chi connectivity index (χ4n) is 1.98. The van der Waals surface area contributed by atoms with Gasteiger partial charge in [-0.1, -0.05) is 0 Å². The van der Waals surface area contributed by atoms with E-state index in [1.165, 1.54) is 12.8 Å². The number of piperidine rings is 1. The van der Waals surface area contributed by atoms with Crippen LogP contribution < -0.4 is 10.2 Å². The third-order valence-electron chi connectivity index (χ3n) is 2.94. The van der Waals surface area contributed by atoms with Crippen LogP contribution in [0, 0.1) is 6.92 Å². The van der Waals surface area contributed by atoms with E-state index in [2.05, 4.69) is 26.5 Å². The van der Waals surface area contributed by atoms with E-state index in [1.807, 2.05) is 20.0 Å². The first kappa shape index (κ1) is 10.4. The zero-order chi connectivity index (χ0) is 10.7. The summed E-state index contributed by atoms with van der Waals surface area (Å²) in [6, 6.07) is 4.66. The summed E-state index contributed by atoms with van der Waals surface area (Å²) >= 11 is 0. The van der Waals surface area contributed by atoms with Crippen molar-refractivity contribution in [3.05, 3.63) is 17.8 Å². The molecule has 0 unspecified atom stereocenters. The third-order valence-corrected chi connectivity index (χ3v) is 2.94. The van der Waals surface area contributed by atoms with Gasteiger partial charge < -0.3 is 10.2 Å². The monoisotopic (exact) mass is 206 g/mol. The van der Waals surface area contributed by atoms with Crippen molar-refractivity contribution >= 4 is 5.82 Å². The number of aromatic nitrogens is 2. The van der Waals surface area contributed by atoms with Gasteiger partial charge in [-0.05, 0) is 38.9 Å². The lowest BCUT2D eigenvalue weighted by Crippen LogP contribution is -2.44. The minimum atomic E-state index is 0.585. The van der Waals surface area contributed by atoms with Crippen LogP contribution in [-0.2, 0) is 0 Å². The standard InChI is InChI=1S/C11H18N4/c1-9-5-6-11(14-13-9)15-7-3-4-10(8-15)12-2/h5-6,10,12H,3-4,7-8H2,1-2H3/t10-/m0/s1. The second-order valence-electron chi connectivity index (χ2n) is 4.11. The summed E-state index contributed by atoms with van der Waals surface area (Å²) < 4.78 is 0. The second kappa shape index (κ2) is 4.57. The zero-order valence-electron chi connectivity index (χ0n) is 9.40. The van der Waals surface area contributed by atoms with Gasteiger partial charge in [-0.3, -0.25) is 0 Å². The van der Waals surface area contributed by atoms with Gasteiger partial charge in [0.2, 0.25) is 0 Å². The Labute approximate surface area is 90.7 Å². The smallest absolute Gasteiger partial charge is 0.151 e. The van der Waals surface area contributed by atoms with E-state index < -0.39 is 0 Å². The number of rotatable bonds is 2. The van der Waals surface area contributed by atoms with Crippen molar-refractivity contribution in [1.82, 2.24) is 15.5 Å². The molecule has 1 aliphatic heterocycles. The SMILES string of the molecule is CN[C@H]1CCCN(c2ccc(C)nn2)C1. The number of hydrogen-bond acceptors (Lipinski definition) is 4. The summed E-state index contributed by atoms with van der Waals surface area (Å²) in [4.78, 5) is 2.30. The molecule has 1 saturated heterocycles. The molecule has 1 aromatic rings. The molecule has 1 fully saturated rings. The molecule has 4 heteroatoms. The van der Waals surface area contributed by atoms with Crippen LogP contribution in [0.15, 0.2) is 12.1 Å². The lowest BCUT2D eigenvalue weighted by Gasteiger charge is -2.33. The topological polar surface area (TPSA) is 41.0 Å². The highest BCUT2D eigenvalue weighted by Gasteiger charge is 2.19. The Kier molecular flexibility index (Phi) is 3.16. The largest absolute Gasteiger partial charge is 0.354 e. The average Bonchev–Trinajstić information content (AvgIpc) is 2.30. The van der Waals surface area contributed by atoms with Gasteiger partial charge in [-0.15, -0.1) is 5.10 Å². The van der Waals surface area contributed by atoms with Gasteiger partial charge >= 0.3 is 0 Å². The number of aryl methyl sites for hydroxylation is 1. The lowest BCUT2D eigenvalue weighted by atomic mass is 10.1. The molecule has 0 bridgehead atoms. The van der Waals surface area contributed by atoms with E-state index in [0.29, 0.717) is 6.04 Å². The molecule has 0 radical (unpaired) electrons. The Hall–Kier alpha value is -1.16. The fourth-order valence-corrected chi connectivity index (χ4v) is 1.98.